The van der Waals surface area contributed by atoms with E-state index in [1.807, 2.05) is 13.1 Å². The minimum absolute atomic E-state index is 0.0401. The number of nitrogens with zero attached hydrogens (tertiary/aromatic N) is 1. The van der Waals surface area contributed by atoms with Crippen LogP contribution in [0.25, 0.3) is 0 Å². The molecule has 252 valence electrons. The molecule has 0 aromatic heterocycles. The summed E-state index contributed by atoms with van der Waals surface area (Å²) < 4.78 is 33.7. The van der Waals surface area contributed by atoms with Crippen LogP contribution in [0.4, 0.5) is 9.59 Å². The SMILES string of the molecule is C[C@H](OC(=O)CCNC(=O)OC(C)(C)C)C(=O)OC1=CC[C@]2(O)C3Cc4ccc(OC(=O)OC(C)(C)C)c5c4[C@@]2(CCN3C)[C@H]1O5. The zero-order valence-electron chi connectivity index (χ0n) is 27.7. The normalized spacial score (nSPS) is 26.8. The summed E-state index contributed by atoms with van der Waals surface area (Å²) in [4.78, 5) is 52.2. The molecule has 0 saturated carbocycles. The van der Waals surface area contributed by atoms with Gasteiger partial charge in [0.2, 0.25) is 0 Å². The number of amides is 1. The fourth-order valence-corrected chi connectivity index (χ4v) is 6.95. The topological polar surface area (TPSA) is 159 Å². The lowest BCUT2D eigenvalue weighted by molar-refractivity contribution is -0.175. The summed E-state index contributed by atoms with van der Waals surface area (Å²) in [7, 11) is 1.98. The molecule has 2 bridgehead atoms. The van der Waals surface area contributed by atoms with Crippen LogP contribution in [0.5, 0.6) is 11.5 Å². The maximum absolute atomic E-state index is 13.2. The number of nitrogens with one attached hydrogen (secondary N) is 1. The fraction of sp³-hybridized carbons (Fsp3) is 0.636. The van der Waals surface area contributed by atoms with E-state index in [2.05, 4.69) is 10.2 Å². The first-order valence-corrected chi connectivity index (χ1v) is 15.6. The maximum atomic E-state index is 13.2. The van der Waals surface area contributed by atoms with Gasteiger partial charge < -0.3 is 43.7 Å². The molecule has 1 amide bonds. The minimum Gasteiger partial charge on any atom is -0.477 e. The second-order valence-corrected chi connectivity index (χ2v) is 14.4. The van der Waals surface area contributed by atoms with Gasteiger partial charge in [0.25, 0.3) is 0 Å². The molecule has 46 heavy (non-hydrogen) atoms. The number of piperidine rings is 1. The van der Waals surface area contributed by atoms with Crippen molar-refractivity contribution in [2.75, 3.05) is 20.1 Å². The van der Waals surface area contributed by atoms with E-state index in [4.69, 9.17) is 28.4 Å². The average molecular weight is 645 g/mol. The number of carbonyl (C=O) groups is 4. The number of aliphatic hydroxyl groups is 1. The number of likely N-dealkylation sites (tertiary alicyclic amines) is 1. The van der Waals surface area contributed by atoms with Crippen molar-refractivity contribution in [1.82, 2.24) is 10.2 Å². The first kappa shape index (κ1) is 33.5. The highest BCUT2D eigenvalue weighted by molar-refractivity contribution is 5.80. The van der Waals surface area contributed by atoms with Crippen LogP contribution >= 0.6 is 0 Å². The molecule has 1 aromatic rings. The first-order valence-electron chi connectivity index (χ1n) is 15.6. The zero-order chi connectivity index (χ0) is 33.8. The van der Waals surface area contributed by atoms with Crippen LogP contribution in [0, 0.1) is 0 Å². The Kier molecular flexibility index (Phi) is 8.56. The van der Waals surface area contributed by atoms with Gasteiger partial charge in [-0.25, -0.2) is 14.4 Å². The van der Waals surface area contributed by atoms with Crippen LogP contribution in [0.1, 0.15) is 78.9 Å². The Morgan fingerprint density at radius 1 is 1.09 bits per heavy atom. The Bertz CT molecular complexity index is 1460. The average Bonchev–Trinajstić information content (AvgIpc) is 3.27. The Hall–Kier alpha value is -3.84. The van der Waals surface area contributed by atoms with E-state index < -0.39 is 58.6 Å². The van der Waals surface area contributed by atoms with Crippen LogP contribution < -0.4 is 14.8 Å². The molecule has 13 heteroatoms. The largest absolute Gasteiger partial charge is 0.514 e. The fourth-order valence-electron chi connectivity index (χ4n) is 6.95. The van der Waals surface area contributed by atoms with Gasteiger partial charge >= 0.3 is 24.2 Å². The molecule has 2 N–H and O–H groups in total. The number of esters is 2. The highest BCUT2D eigenvalue weighted by Gasteiger charge is 2.72. The molecule has 5 rings (SSSR count). The monoisotopic (exact) mass is 644 g/mol. The van der Waals surface area contributed by atoms with Crippen molar-refractivity contribution in [3.8, 4) is 11.5 Å². The summed E-state index contributed by atoms with van der Waals surface area (Å²) in [6.45, 7) is 12.4. The number of benzene rings is 1. The third-order valence-corrected chi connectivity index (χ3v) is 8.78. The van der Waals surface area contributed by atoms with E-state index in [0.717, 1.165) is 11.1 Å². The lowest BCUT2D eigenvalue weighted by atomic mass is 9.50. The zero-order valence-corrected chi connectivity index (χ0v) is 27.7. The van der Waals surface area contributed by atoms with Crippen molar-refractivity contribution >= 4 is 24.2 Å². The first-order chi connectivity index (χ1) is 21.3. The van der Waals surface area contributed by atoms with Crippen molar-refractivity contribution in [2.45, 2.75) is 115 Å². The number of likely N-dealkylation sites (N-methyl/N-ethyl adjacent to an activating group) is 1. The molecule has 0 radical (unpaired) electrons. The number of rotatable bonds is 7. The van der Waals surface area contributed by atoms with E-state index in [9.17, 15) is 24.3 Å². The predicted molar refractivity (Wildman–Crippen MR) is 162 cm³/mol. The smallest absolute Gasteiger partial charge is 0.477 e. The van der Waals surface area contributed by atoms with Crippen LogP contribution in [-0.4, -0.2) is 89.4 Å². The molecular formula is C33H44N2O11. The summed E-state index contributed by atoms with van der Waals surface area (Å²) in [5, 5.41) is 14.9. The molecule has 1 spiro atoms. The quantitative estimate of drug-likeness (QED) is 0.252. The van der Waals surface area contributed by atoms with Crippen molar-refractivity contribution in [1.29, 1.82) is 0 Å². The molecular weight excluding hydrogens is 600 g/mol. The van der Waals surface area contributed by atoms with Gasteiger partial charge in [0.15, 0.2) is 23.7 Å². The van der Waals surface area contributed by atoms with E-state index in [1.54, 1.807) is 53.7 Å². The number of hydrogen-bond donors (Lipinski definition) is 2. The van der Waals surface area contributed by atoms with Gasteiger partial charge in [0.05, 0.1) is 17.4 Å². The second-order valence-electron chi connectivity index (χ2n) is 14.4. The summed E-state index contributed by atoms with van der Waals surface area (Å²) >= 11 is 0. The summed E-state index contributed by atoms with van der Waals surface area (Å²) in [5.41, 5.74) is -2.02. The maximum Gasteiger partial charge on any atom is 0.514 e. The van der Waals surface area contributed by atoms with E-state index >= 15 is 0 Å². The highest BCUT2D eigenvalue weighted by atomic mass is 16.7. The molecule has 5 atom stereocenters. The summed E-state index contributed by atoms with van der Waals surface area (Å²) in [6.07, 6.45) is -1.06. The van der Waals surface area contributed by atoms with Gasteiger partial charge in [-0.15, -0.1) is 0 Å². The molecule has 1 aromatic carbocycles. The summed E-state index contributed by atoms with van der Waals surface area (Å²) in [5.74, 6) is -0.915. The Balaban J connectivity index is 1.34. The molecule has 2 heterocycles. The highest BCUT2D eigenvalue weighted by Crippen LogP contribution is 2.65. The van der Waals surface area contributed by atoms with Gasteiger partial charge in [-0.05, 0) is 92.6 Å². The lowest BCUT2D eigenvalue weighted by Gasteiger charge is -2.61. The summed E-state index contributed by atoms with van der Waals surface area (Å²) in [6, 6.07) is 3.30. The van der Waals surface area contributed by atoms with E-state index in [-0.39, 0.29) is 36.9 Å². The number of hydrogen-bond acceptors (Lipinski definition) is 12. The Labute approximate surface area is 268 Å². The van der Waals surface area contributed by atoms with Gasteiger partial charge in [-0.3, -0.25) is 4.79 Å². The number of alkyl carbamates (subject to hydrolysis) is 1. The Morgan fingerprint density at radius 2 is 1.78 bits per heavy atom. The molecule has 2 aliphatic heterocycles. The molecule has 13 nitrogen and oxygen atoms in total. The third kappa shape index (κ3) is 6.14. The standard InChI is InChI=1S/C33H44N2O11/c1-18(41-23(36)12-15-34-28(38)45-30(2,3)4)27(37)42-21-11-13-33(40)22-17-19-9-10-20(43-29(39)46-31(5,6)7)25-24(19)32(33,26(21)44-25)14-16-35(22)8/h9-11,18,22,26,40H,12-17H2,1-8H3,(H,34,38)/t18-,22?,26-,32-,33-/m0/s1. The minimum atomic E-state index is -1.27. The lowest BCUT2D eigenvalue weighted by Crippen LogP contribution is -2.74. The molecule has 4 aliphatic rings. The van der Waals surface area contributed by atoms with Gasteiger partial charge in [-0.2, -0.15) is 0 Å². The van der Waals surface area contributed by atoms with Crippen molar-refractivity contribution in [3.05, 3.63) is 35.1 Å². The van der Waals surface area contributed by atoms with E-state index in [1.165, 1.54) is 6.92 Å². The number of ether oxygens (including phenoxy) is 6. The Morgan fingerprint density at radius 3 is 2.46 bits per heavy atom. The van der Waals surface area contributed by atoms with Crippen molar-refractivity contribution in [3.63, 3.8) is 0 Å². The molecule has 1 unspecified atom stereocenters. The van der Waals surface area contributed by atoms with E-state index in [0.29, 0.717) is 25.1 Å². The number of carbonyl (C=O) groups excluding carboxylic acids is 4. The van der Waals surface area contributed by atoms with Gasteiger partial charge in [0, 0.05) is 24.6 Å². The van der Waals surface area contributed by atoms with Crippen molar-refractivity contribution < 1.29 is 52.7 Å². The van der Waals surface area contributed by atoms with Crippen LogP contribution in [0.3, 0.4) is 0 Å². The molecule has 2 aliphatic carbocycles. The van der Waals surface area contributed by atoms with Crippen LogP contribution in [0.15, 0.2) is 24.0 Å². The molecule has 1 fully saturated rings. The van der Waals surface area contributed by atoms with Crippen molar-refractivity contribution in [2.24, 2.45) is 0 Å². The van der Waals surface area contributed by atoms with Crippen LogP contribution in [-0.2, 0) is 40.4 Å². The van der Waals surface area contributed by atoms with Crippen LogP contribution in [0.2, 0.25) is 0 Å². The van der Waals surface area contributed by atoms with Gasteiger partial charge in [0.1, 0.15) is 17.0 Å². The van der Waals surface area contributed by atoms with Gasteiger partial charge in [-0.1, -0.05) is 6.07 Å². The molecule has 1 saturated heterocycles. The third-order valence-electron chi connectivity index (χ3n) is 8.78. The predicted octanol–water partition coefficient (Wildman–Crippen LogP) is 3.67. The second kappa shape index (κ2) is 11.8.